The van der Waals surface area contributed by atoms with Gasteiger partial charge in [0.05, 0.1) is 5.01 Å². The topological polar surface area (TPSA) is 59.1 Å². The van der Waals surface area contributed by atoms with E-state index < -0.39 is 0 Å². The molecule has 14 heavy (non-hydrogen) atoms. The minimum atomic E-state index is -0.0160. The fourth-order valence-electron chi connectivity index (χ4n) is 0.998. The third kappa shape index (κ3) is 3.66. The van der Waals surface area contributed by atoms with Crippen LogP contribution in [0.1, 0.15) is 28.8 Å². The SMILES string of the molecule is CC(=O)NCCCc1nc(C=O)cs1. The predicted octanol–water partition coefficient (Wildman–Crippen LogP) is 1.02. The largest absolute Gasteiger partial charge is 0.356 e. The summed E-state index contributed by atoms with van der Waals surface area (Å²) in [7, 11) is 0. The maximum atomic E-state index is 10.5. The Hall–Kier alpha value is -1.23. The zero-order valence-corrected chi connectivity index (χ0v) is 8.76. The van der Waals surface area contributed by atoms with Crippen LogP contribution in [0.15, 0.2) is 5.38 Å². The molecule has 1 heterocycles. The molecule has 76 valence electrons. The Balaban J connectivity index is 2.24. The Morgan fingerprint density at radius 3 is 3.07 bits per heavy atom. The number of rotatable bonds is 5. The fraction of sp³-hybridized carbons (Fsp3) is 0.444. The zero-order valence-electron chi connectivity index (χ0n) is 7.95. The zero-order chi connectivity index (χ0) is 10.4. The van der Waals surface area contributed by atoms with Crippen LogP contribution in [0.3, 0.4) is 0 Å². The average Bonchev–Trinajstić information content (AvgIpc) is 2.60. The van der Waals surface area contributed by atoms with Gasteiger partial charge in [-0.15, -0.1) is 11.3 Å². The summed E-state index contributed by atoms with van der Waals surface area (Å²) >= 11 is 1.48. The minimum Gasteiger partial charge on any atom is -0.356 e. The van der Waals surface area contributed by atoms with E-state index in [1.807, 2.05) is 0 Å². The molecule has 0 saturated carbocycles. The number of hydrogen-bond acceptors (Lipinski definition) is 4. The van der Waals surface area contributed by atoms with Crippen LogP contribution in [0.25, 0.3) is 0 Å². The van der Waals surface area contributed by atoms with Crippen LogP contribution in [0.2, 0.25) is 0 Å². The van der Waals surface area contributed by atoms with E-state index in [0.717, 1.165) is 24.1 Å². The van der Waals surface area contributed by atoms with E-state index in [4.69, 9.17) is 0 Å². The highest BCUT2D eigenvalue weighted by Gasteiger charge is 2.00. The van der Waals surface area contributed by atoms with E-state index in [2.05, 4.69) is 10.3 Å². The van der Waals surface area contributed by atoms with E-state index in [1.54, 1.807) is 5.38 Å². The first kappa shape index (κ1) is 10.8. The van der Waals surface area contributed by atoms with Gasteiger partial charge >= 0.3 is 0 Å². The van der Waals surface area contributed by atoms with Crippen LogP contribution in [0.5, 0.6) is 0 Å². The quantitative estimate of drug-likeness (QED) is 0.585. The summed E-state index contributed by atoms with van der Waals surface area (Å²) in [6.45, 7) is 2.15. The molecule has 1 amide bonds. The molecule has 0 spiro atoms. The number of nitrogens with zero attached hydrogens (tertiary/aromatic N) is 1. The molecule has 4 nitrogen and oxygen atoms in total. The lowest BCUT2D eigenvalue weighted by molar-refractivity contribution is -0.118. The normalized spacial score (nSPS) is 9.79. The number of nitrogens with one attached hydrogen (secondary N) is 1. The highest BCUT2D eigenvalue weighted by atomic mass is 32.1. The van der Waals surface area contributed by atoms with Gasteiger partial charge in [0.2, 0.25) is 5.91 Å². The van der Waals surface area contributed by atoms with Crippen molar-refractivity contribution in [3.8, 4) is 0 Å². The second-order valence-corrected chi connectivity index (χ2v) is 3.81. The molecule has 0 bridgehead atoms. The molecule has 0 unspecified atom stereocenters. The van der Waals surface area contributed by atoms with Gasteiger partial charge < -0.3 is 5.32 Å². The number of aldehydes is 1. The molecule has 0 aliphatic carbocycles. The van der Waals surface area contributed by atoms with E-state index in [0.29, 0.717) is 12.2 Å². The molecule has 5 heteroatoms. The van der Waals surface area contributed by atoms with Gasteiger partial charge in [-0.05, 0) is 6.42 Å². The molecule has 0 saturated heterocycles. The molecule has 0 radical (unpaired) electrons. The van der Waals surface area contributed by atoms with Crippen molar-refractivity contribution in [2.24, 2.45) is 0 Å². The molecule has 0 aliphatic heterocycles. The van der Waals surface area contributed by atoms with Crippen molar-refractivity contribution >= 4 is 23.5 Å². The van der Waals surface area contributed by atoms with Crippen LogP contribution in [0.4, 0.5) is 0 Å². The van der Waals surface area contributed by atoms with Crippen LogP contribution in [-0.4, -0.2) is 23.7 Å². The molecule has 0 aromatic carbocycles. The lowest BCUT2D eigenvalue weighted by Crippen LogP contribution is -2.21. The summed E-state index contributed by atoms with van der Waals surface area (Å²) in [5, 5.41) is 5.38. The van der Waals surface area contributed by atoms with Gasteiger partial charge in [0, 0.05) is 25.3 Å². The Labute approximate surface area is 86.4 Å². The molecule has 1 aromatic heterocycles. The van der Waals surface area contributed by atoms with Crippen LogP contribution < -0.4 is 5.32 Å². The van der Waals surface area contributed by atoms with Crippen LogP contribution >= 0.6 is 11.3 Å². The molecular weight excluding hydrogens is 200 g/mol. The van der Waals surface area contributed by atoms with Crippen molar-refractivity contribution in [1.29, 1.82) is 0 Å². The number of aromatic nitrogens is 1. The second kappa shape index (κ2) is 5.49. The van der Waals surface area contributed by atoms with E-state index in [1.165, 1.54) is 18.3 Å². The van der Waals surface area contributed by atoms with E-state index >= 15 is 0 Å². The standard InChI is InChI=1S/C9H12N2O2S/c1-7(13)10-4-2-3-9-11-8(5-12)6-14-9/h5-6H,2-4H2,1H3,(H,10,13). The van der Waals surface area contributed by atoms with Crippen LogP contribution in [-0.2, 0) is 11.2 Å². The van der Waals surface area contributed by atoms with Crippen LogP contribution in [0, 0.1) is 0 Å². The third-order valence-electron chi connectivity index (χ3n) is 1.63. The Bertz CT molecular complexity index is 322. The number of aryl methyl sites for hydroxylation is 1. The first-order valence-corrected chi connectivity index (χ1v) is 5.24. The van der Waals surface area contributed by atoms with Gasteiger partial charge in [0.25, 0.3) is 0 Å². The van der Waals surface area contributed by atoms with Gasteiger partial charge in [0.1, 0.15) is 5.69 Å². The lowest BCUT2D eigenvalue weighted by atomic mass is 10.3. The van der Waals surface area contributed by atoms with Crippen molar-refractivity contribution < 1.29 is 9.59 Å². The van der Waals surface area contributed by atoms with Crippen molar-refractivity contribution in [3.05, 3.63) is 16.1 Å². The van der Waals surface area contributed by atoms with E-state index in [-0.39, 0.29) is 5.91 Å². The smallest absolute Gasteiger partial charge is 0.216 e. The highest BCUT2D eigenvalue weighted by Crippen LogP contribution is 2.09. The molecule has 1 aromatic rings. The first-order chi connectivity index (χ1) is 6.72. The lowest BCUT2D eigenvalue weighted by Gasteiger charge is -1.98. The van der Waals surface area contributed by atoms with Crippen molar-refractivity contribution in [3.63, 3.8) is 0 Å². The third-order valence-corrected chi connectivity index (χ3v) is 2.56. The summed E-state index contributed by atoms with van der Waals surface area (Å²) in [5.74, 6) is -0.0160. The minimum absolute atomic E-state index is 0.0160. The first-order valence-electron chi connectivity index (χ1n) is 4.36. The number of carbonyl (C=O) groups excluding carboxylic acids is 2. The van der Waals surface area contributed by atoms with Gasteiger partial charge in [-0.25, -0.2) is 4.98 Å². The fourth-order valence-corrected chi connectivity index (χ4v) is 1.78. The summed E-state index contributed by atoms with van der Waals surface area (Å²) in [6.07, 6.45) is 2.40. The Morgan fingerprint density at radius 1 is 1.71 bits per heavy atom. The molecule has 0 aliphatic rings. The molecule has 0 fully saturated rings. The summed E-state index contributed by atoms with van der Waals surface area (Å²) in [4.78, 5) is 24.9. The summed E-state index contributed by atoms with van der Waals surface area (Å²) in [6, 6.07) is 0. The van der Waals surface area contributed by atoms with Gasteiger partial charge in [-0.3, -0.25) is 9.59 Å². The monoisotopic (exact) mass is 212 g/mol. The number of hydrogen-bond donors (Lipinski definition) is 1. The summed E-state index contributed by atoms with van der Waals surface area (Å²) < 4.78 is 0. The van der Waals surface area contributed by atoms with Gasteiger partial charge in [0.15, 0.2) is 6.29 Å². The molecule has 1 rings (SSSR count). The number of thiazole rings is 1. The Kier molecular flexibility index (Phi) is 4.25. The van der Waals surface area contributed by atoms with E-state index in [9.17, 15) is 9.59 Å². The second-order valence-electron chi connectivity index (χ2n) is 2.87. The number of carbonyl (C=O) groups is 2. The number of amides is 1. The maximum Gasteiger partial charge on any atom is 0.216 e. The summed E-state index contributed by atoms with van der Waals surface area (Å²) in [5.41, 5.74) is 0.490. The van der Waals surface area contributed by atoms with Gasteiger partial charge in [-0.1, -0.05) is 0 Å². The van der Waals surface area contributed by atoms with Crippen molar-refractivity contribution in [2.75, 3.05) is 6.54 Å². The highest BCUT2D eigenvalue weighted by molar-refractivity contribution is 7.09. The maximum absolute atomic E-state index is 10.5. The average molecular weight is 212 g/mol. The molecular formula is C9H12N2O2S. The molecule has 0 atom stereocenters. The predicted molar refractivity (Wildman–Crippen MR) is 54.5 cm³/mol. The van der Waals surface area contributed by atoms with Crippen molar-refractivity contribution in [1.82, 2.24) is 10.3 Å². The van der Waals surface area contributed by atoms with Crippen molar-refractivity contribution in [2.45, 2.75) is 19.8 Å². The van der Waals surface area contributed by atoms with Gasteiger partial charge in [-0.2, -0.15) is 0 Å². The Morgan fingerprint density at radius 2 is 2.50 bits per heavy atom. The molecule has 1 N–H and O–H groups in total.